The summed E-state index contributed by atoms with van der Waals surface area (Å²) in [5.74, 6) is 1.36. The van der Waals surface area contributed by atoms with Crippen LogP contribution in [0.15, 0.2) is 22.6 Å². The van der Waals surface area contributed by atoms with Gasteiger partial charge in [0.05, 0.1) is 24.0 Å². The van der Waals surface area contributed by atoms with Crippen molar-refractivity contribution in [3.63, 3.8) is 0 Å². The number of oxazole rings is 1. The van der Waals surface area contributed by atoms with Gasteiger partial charge in [-0.1, -0.05) is 0 Å². The van der Waals surface area contributed by atoms with Crippen LogP contribution in [0.5, 0.6) is 5.75 Å². The van der Waals surface area contributed by atoms with E-state index in [0.717, 1.165) is 31.6 Å². The predicted molar refractivity (Wildman–Crippen MR) is 97.5 cm³/mol. The molecule has 1 aliphatic heterocycles. The summed E-state index contributed by atoms with van der Waals surface area (Å²) < 4.78 is 25.1. The smallest absolute Gasteiger partial charge is 0.229 e. The molecular weight excluding hydrogens is 335 g/mol. The Morgan fingerprint density at radius 3 is 2.88 bits per heavy atom. The Labute approximate surface area is 153 Å². The van der Waals surface area contributed by atoms with Crippen LogP contribution in [0.1, 0.15) is 38.1 Å². The van der Waals surface area contributed by atoms with Crippen molar-refractivity contribution in [3.05, 3.63) is 35.5 Å². The lowest BCUT2D eigenvalue weighted by molar-refractivity contribution is -0.0200. The first-order valence-corrected chi connectivity index (χ1v) is 9.03. The van der Waals surface area contributed by atoms with E-state index < -0.39 is 11.4 Å². The van der Waals surface area contributed by atoms with Crippen LogP contribution in [-0.4, -0.2) is 40.8 Å². The molecule has 0 amide bonds. The number of aromatic nitrogens is 1. The third-order valence-electron chi connectivity index (χ3n) is 5.17. The minimum absolute atomic E-state index is 0.235. The molecule has 1 saturated heterocycles. The maximum Gasteiger partial charge on any atom is 0.229 e. The van der Waals surface area contributed by atoms with Gasteiger partial charge < -0.3 is 14.3 Å². The molecule has 1 aliphatic rings. The minimum atomic E-state index is -0.688. The zero-order valence-electron chi connectivity index (χ0n) is 15.9. The Morgan fingerprint density at radius 1 is 1.42 bits per heavy atom. The van der Waals surface area contributed by atoms with Crippen LogP contribution in [0, 0.1) is 18.7 Å². The van der Waals surface area contributed by atoms with E-state index >= 15 is 0 Å². The summed E-state index contributed by atoms with van der Waals surface area (Å²) in [4.78, 5) is 6.81. The molecule has 26 heavy (non-hydrogen) atoms. The number of aliphatic hydroxyl groups is 1. The number of likely N-dealkylation sites (tertiary alicyclic amines) is 1. The van der Waals surface area contributed by atoms with Crippen molar-refractivity contribution in [2.45, 2.75) is 45.8 Å². The highest BCUT2D eigenvalue weighted by Crippen LogP contribution is 2.30. The molecule has 0 saturated carbocycles. The number of aryl methyl sites for hydroxylation is 1. The van der Waals surface area contributed by atoms with Crippen LogP contribution >= 0.6 is 0 Å². The van der Waals surface area contributed by atoms with Gasteiger partial charge >= 0.3 is 0 Å². The normalized spacial score (nSPS) is 18.9. The van der Waals surface area contributed by atoms with Crippen molar-refractivity contribution in [3.8, 4) is 17.2 Å². The van der Waals surface area contributed by atoms with Crippen LogP contribution in [0.3, 0.4) is 0 Å². The Morgan fingerprint density at radius 2 is 2.19 bits per heavy atom. The molecule has 1 atom stereocenters. The number of benzene rings is 1. The maximum atomic E-state index is 14.2. The second-order valence-corrected chi connectivity index (χ2v) is 7.60. The molecule has 0 spiro atoms. The van der Waals surface area contributed by atoms with E-state index in [0.29, 0.717) is 23.6 Å². The number of ether oxygens (including phenoxy) is 1. The summed E-state index contributed by atoms with van der Waals surface area (Å²) in [5.41, 5.74) is 0.414. The summed E-state index contributed by atoms with van der Waals surface area (Å²) in [6.45, 7) is 7.99. The van der Waals surface area contributed by atoms with Crippen molar-refractivity contribution >= 4 is 0 Å². The first-order chi connectivity index (χ1) is 12.3. The van der Waals surface area contributed by atoms with Crippen LogP contribution in [0.4, 0.5) is 4.39 Å². The largest absolute Gasteiger partial charge is 0.497 e. The maximum absolute atomic E-state index is 14.2. The zero-order valence-corrected chi connectivity index (χ0v) is 15.9. The van der Waals surface area contributed by atoms with Crippen LogP contribution in [0.25, 0.3) is 11.5 Å². The number of hydrogen-bond donors (Lipinski definition) is 1. The van der Waals surface area contributed by atoms with E-state index in [-0.39, 0.29) is 11.8 Å². The monoisotopic (exact) mass is 362 g/mol. The number of hydrogen-bond acceptors (Lipinski definition) is 5. The molecular formula is C20H27FN2O3. The van der Waals surface area contributed by atoms with E-state index in [9.17, 15) is 9.50 Å². The SMILES string of the molecule is COc1ccc(F)c(-c2nc(CN3CCCC(C(C)(C)O)C3)c(C)o2)c1. The van der Waals surface area contributed by atoms with E-state index in [2.05, 4.69) is 9.88 Å². The van der Waals surface area contributed by atoms with E-state index in [1.807, 2.05) is 20.8 Å². The van der Waals surface area contributed by atoms with Crippen LogP contribution < -0.4 is 4.74 Å². The number of nitrogens with zero attached hydrogens (tertiary/aromatic N) is 2. The summed E-state index contributed by atoms with van der Waals surface area (Å²) in [6.07, 6.45) is 2.07. The average Bonchev–Trinajstić information content (AvgIpc) is 2.95. The molecule has 0 radical (unpaired) electrons. The van der Waals surface area contributed by atoms with E-state index in [1.54, 1.807) is 19.2 Å². The lowest BCUT2D eigenvalue weighted by Gasteiger charge is -2.38. The Balaban J connectivity index is 1.79. The second-order valence-electron chi connectivity index (χ2n) is 7.60. The third-order valence-corrected chi connectivity index (χ3v) is 5.17. The van der Waals surface area contributed by atoms with Gasteiger partial charge in [-0.05, 0) is 64.3 Å². The number of piperidine rings is 1. The minimum Gasteiger partial charge on any atom is -0.497 e. The van der Waals surface area contributed by atoms with Gasteiger partial charge in [0, 0.05) is 13.1 Å². The fourth-order valence-electron chi connectivity index (χ4n) is 3.47. The van der Waals surface area contributed by atoms with Gasteiger partial charge in [-0.3, -0.25) is 4.90 Å². The Hall–Kier alpha value is -1.92. The fourth-order valence-corrected chi connectivity index (χ4v) is 3.47. The number of halogens is 1. The standard InChI is InChI=1S/C20H27FN2O3/c1-13-18(12-23-9-5-6-14(11-23)20(2,3)24)22-19(26-13)16-10-15(25-4)7-8-17(16)21/h7-8,10,14,24H,5-6,9,11-12H2,1-4H3. The van der Waals surface area contributed by atoms with E-state index in [1.165, 1.54) is 6.07 Å². The van der Waals surface area contributed by atoms with Gasteiger partial charge in [0.25, 0.3) is 0 Å². The summed E-state index contributed by atoms with van der Waals surface area (Å²) >= 11 is 0. The van der Waals surface area contributed by atoms with Gasteiger partial charge in [-0.25, -0.2) is 9.37 Å². The predicted octanol–water partition coefficient (Wildman–Crippen LogP) is 3.78. The third kappa shape index (κ3) is 4.07. The lowest BCUT2D eigenvalue weighted by Crippen LogP contribution is -2.44. The number of rotatable bonds is 5. The number of methoxy groups -OCH3 is 1. The highest BCUT2D eigenvalue weighted by atomic mass is 19.1. The summed E-state index contributed by atoms with van der Waals surface area (Å²) in [7, 11) is 1.54. The summed E-state index contributed by atoms with van der Waals surface area (Å²) in [5, 5.41) is 10.3. The molecule has 5 nitrogen and oxygen atoms in total. The lowest BCUT2D eigenvalue weighted by atomic mass is 9.84. The van der Waals surface area contributed by atoms with Crippen molar-refractivity contribution in [1.82, 2.24) is 9.88 Å². The molecule has 2 heterocycles. The molecule has 1 aromatic heterocycles. The molecule has 0 bridgehead atoms. The molecule has 1 unspecified atom stereocenters. The van der Waals surface area contributed by atoms with Crippen molar-refractivity contribution in [2.24, 2.45) is 5.92 Å². The molecule has 0 aliphatic carbocycles. The first-order valence-electron chi connectivity index (χ1n) is 9.03. The first kappa shape index (κ1) is 18.9. The highest BCUT2D eigenvalue weighted by molar-refractivity contribution is 5.57. The van der Waals surface area contributed by atoms with Crippen molar-refractivity contribution in [1.29, 1.82) is 0 Å². The van der Waals surface area contributed by atoms with Crippen LogP contribution in [0.2, 0.25) is 0 Å². The quantitative estimate of drug-likeness (QED) is 0.877. The summed E-state index contributed by atoms with van der Waals surface area (Å²) in [6, 6.07) is 4.52. The zero-order chi connectivity index (χ0) is 18.9. The molecule has 142 valence electrons. The molecule has 1 aromatic carbocycles. The van der Waals surface area contributed by atoms with Gasteiger partial charge in [0.15, 0.2) is 0 Å². The Kier molecular flexibility index (Phi) is 5.34. The average molecular weight is 362 g/mol. The van der Waals surface area contributed by atoms with Crippen molar-refractivity contribution in [2.75, 3.05) is 20.2 Å². The van der Waals surface area contributed by atoms with Crippen molar-refractivity contribution < 1.29 is 18.7 Å². The van der Waals surface area contributed by atoms with Gasteiger partial charge in [-0.15, -0.1) is 0 Å². The van der Waals surface area contributed by atoms with Gasteiger partial charge in [0.1, 0.15) is 17.3 Å². The van der Waals surface area contributed by atoms with Gasteiger partial charge in [-0.2, -0.15) is 0 Å². The highest BCUT2D eigenvalue weighted by Gasteiger charge is 2.31. The molecule has 1 fully saturated rings. The molecule has 2 aromatic rings. The fraction of sp³-hybridized carbons (Fsp3) is 0.550. The van der Waals surface area contributed by atoms with Crippen LogP contribution in [-0.2, 0) is 6.54 Å². The van der Waals surface area contributed by atoms with E-state index in [4.69, 9.17) is 9.15 Å². The molecule has 1 N–H and O–H groups in total. The topological polar surface area (TPSA) is 58.7 Å². The Bertz CT molecular complexity index is 767. The van der Waals surface area contributed by atoms with Gasteiger partial charge in [0.2, 0.25) is 5.89 Å². The molecule has 6 heteroatoms. The molecule has 3 rings (SSSR count). The second kappa shape index (κ2) is 7.37.